The Bertz CT molecular complexity index is 1390. The number of nitrogens with two attached hydrogens (primary N) is 1. The molecule has 0 aliphatic rings. The minimum Gasteiger partial charge on any atom is -0.368 e. The van der Waals surface area contributed by atoms with E-state index < -0.39 is 17.2 Å². The van der Waals surface area contributed by atoms with Crippen LogP contribution in [0.1, 0.15) is 11.1 Å². The van der Waals surface area contributed by atoms with Gasteiger partial charge in [-0.2, -0.15) is 10.2 Å². The van der Waals surface area contributed by atoms with Crippen molar-refractivity contribution in [2.45, 2.75) is 6.42 Å². The van der Waals surface area contributed by atoms with E-state index in [0.717, 1.165) is 6.20 Å². The van der Waals surface area contributed by atoms with E-state index in [4.69, 9.17) is 5.73 Å². The predicted molar refractivity (Wildman–Crippen MR) is 112 cm³/mol. The molecule has 3 aromatic heterocycles. The summed E-state index contributed by atoms with van der Waals surface area (Å²) >= 11 is 0. The molecule has 31 heavy (non-hydrogen) atoms. The second-order valence-corrected chi connectivity index (χ2v) is 6.78. The largest absolute Gasteiger partial charge is 0.368 e. The first-order valence-electron chi connectivity index (χ1n) is 9.32. The molecule has 0 radical (unpaired) electrons. The number of aromatic nitrogens is 3. The molecular weight excluding hydrogens is 402 g/mol. The number of benzene rings is 1. The van der Waals surface area contributed by atoms with Gasteiger partial charge in [-0.1, -0.05) is 12.1 Å². The van der Waals surface area contributed by atoms with E-state index >= 15 is 0 Å². The number of nitriles is 1. The Labute approximate surface area is 175 Å². The van der Waals surface area contributed by atoms with Gasteiger partial charge in [0.1, 0.15) is 29.1 Å². The van der Waals surface area contributed by atoms with Gasteiger partial charge in [0.05, 0.1) is 11.8 Å². The molecule has 0 aliphatic heterocycles. The molecule has 0 bridgehead atoms. The molecule has 0 atom stereocenters. The third-order valence-electron chi connectivity index (χ3n) is 4.75. The summed E-state index contributed by atoms with van der Waals surface area (Å²) in [5.41, 5.74) is 7.17. The van der Waals surface area contributed by atoms with Crippen molar-refractivity contribution in [1.29, 1.82) is 5.26 Å². The summed E-state index contributed by atoms with van der Waals surface area (Å²) in [5, 5.41) is 12.2. The lowest BCUT2D eigenvalue weighted by Gasteiger charge is -2.13. The van der Waals surface area contributed by atoms with E-state index in [1.807, 2.05) is 6.07 Å². The van der Waals surface area contributed by atoms with E-state index in [9.17, 15) is 18.8 Å². The number of anilines is 2. The SMILES string of the molecule is N#Cc1cnc(N)nc1NCCc1cc2ccc(F)cn2c(=O)c1-c1cccc(F)c1. The van der Waals surface area contributed by atoms with Crippen molar-refractivity contribution in [2.24, 2.45) is 0 Å². The van der Waals surface area contributed by atoms with Crippen molar-refractivity contribution in [3.05, 3.63) is 88.0 Å². The third kappa shape index (κ3) is 4.04. The van der Waals surface area contributed by atoms with Gasteiger partial charge in [0.15, 0.2) is 0 Å². The van der Waals surface area contributed by atoms with E-state index in [1.165, 1.54) is 40.9 Å². The minimum absolute atomic E-state index is 0.0212. The van der Waals surface area contributed by atoms with Gasteiger partial charge >= 0.3 is 0 Å². The van der Waals surface area contributed by atoms with E-state index in [0.29, 0.717) is 29.6 Å². The smallest absolute Gasteiger partial charge is 0.263 e. The zero-order valence-electron chi connectivity index (χ0n) is 16.1. The van der Waals surface area contributed by atoms with Crippen LogP contribution in [0.2, 0.25) is 0 Å². The van der Waals surface area contributed by atoms with Crippen molar-refractivity contribution in [1.82, 2.24) is 14.4 Å². The number of halogens is 2. The Morgan fingerprint density at radius 1 is 1.16 bits per heavy atom. The monoisotopic (exact) mass is 418 g/mol. The summed E-state index contributed by atoms with van der Waals surface area (Å²) in [6.07, 6.45) is 2.77. The highest BCUT2D eigenvalue weighted by Crippen LogP contribution is 2.23. The molecule has 0 aliphatic carbocycles. The van der Waals surface area contributed by atoms with Gasteiger partial charge in [-0.15, -0.1) is 0 Å². The first-order valence-corrected chi connectivity index (χ1v) is 9.32. The fraction of sp³-hybridized carbons (Fsp3) is 0.0909. The summed E-state index contributed by atoms with van der Waals surface area (Å²) in [7, 11) is 0. The molecule has 3 N–H and O–H groups in total. The van der Waals surface area contributed by atoms with Crippen LogP contribution in [0.5, 0.6) is 0 Å². The van der Waals surface area contributed by atoms with Gasteiger partial charge < -0.3 is 11.1 Å². The first kappa shape index (κ1) is 20.0. The van der Waals surface area contributed by atoms with Gasteiger partial charge in [-0.05, 0) is 47.9 Å². The molecule has 3 heterocycles. The molecule has 0 fully saturated rings. The Balaban J connectivity index is 1.75. The molecule has 0 amide bonds. The average molecular weight is 418 g/mol. The molecular formula is C22H16F2N6O. The van der Waals surface area contributed by atoms with Crippen molar-refractivity contribution < 1.29 is 8.78 Å². The van der Waals surface area contributed by atoms with Crippen molar-refractivity contribution in [2.75, 3.05) is 17.6 Å². The lowest BCUT2D eigenvalue weighted by atomic mass is 9.98. The van der Waals surface area contributed by atoms with Crippen molar-refractivity contribution in [3.63, 3.8) is 0 Å². The van der Waals surface area contributed by atoms with E-state index in [-0.39, 0.29) is 22.9 Å². The number of hydrogen-bond donors (Lipinski definition) is 2. The highest BCUT2D eigenvalue weighted by Gasteiger charge is 2.15. The van der Waals surface area contributed by atoms with Crippen LogP contribution >= 0.6 is 0 Å². The molecule has 0 unspecified atom stereocenters. The minimum atomic E-state index is -0.556. The van der Waals surface area contributed by atoms with Crippen LogP contribution in [-0.2, 0) is 6.42 Å². The second kappa shape index (κ2) is 8.20. The normalized spacial score (nSPS) is 10.7. The summed E-state index contributed by atoms with van der Waals surface area (Å²) in [6, 6.07) is 12.2. The summed E-state index contributed by atoms with van der Waals surface area (Å²) in [4.78, 5) is 21.0. The molecule has 0 spiro atoms. The maximum absolute atomic E-state index is 13.9. The molecule has 0 saturated heterocycles. The van der Waals surface area contributed by atoms with Gasteiger partial charge in [0, 0.05) is 18.3 Å². The highest BCUT2D eigenvalue weighted by molar-refractivity contribution is 5.70. The fourth-order valence-electron chi connectivity index (χ4n) is 3.37. The zero-order chi connectivity index (χ0) is 22.0. The maximum Gasteiger partial charge on any atom is 0.263 e. The van der Waals surface area contributed by atoms with E-state index in [2.05, 4.69) is 15.3 Å². The predicted octanol–water partition coefficient (Wildman–Crippen LogP) is 3.14. The van der Waals surface area contributed by atoms with Gasteiger partial charge in [0.2, 0.25) is 5.95 Å². The Morgan fingerprint density at radius 3 is 2.77 bits per heavy atom. The Hall–Kier alpha value is -4.32. The number of nitrogens with one attached hydrogen (secondary N) is 1. The van der Waals surface area contributed by atoms with Crippen LogP contribution in [0, 0.1) is 23.0 Å². The van der Waals surface area contributed by atoms with Gasteiger partial charge in [0.25, 0.3) is 5.56 Å². The molecule has 4 aromatic rings. The van der Waals surface area contributed by atoms with Gasteiger partial charge in [-0.3, -0.25) is 9.20 Å². The molecule has 7 nitrogen and oxygen atoms in total. The fourth-order valence-corrected chi connectivity index (χ4v) is 3.37. The van der Waals surface area contributed by atoms with Gasteiger partial charge in [-0.25, -0.2) is 13.8 Å². The highest BCUT2D eigenvalue weighted by atomic mass is 19.1. The van der Waals surface area contributed by atoms with Crippen molar-refractivity contribution in [3.8, 4) is 17.2 Å². The summed E-state index contributed by atoms with van der Waals surface area (Å²) in [5.74, 6) is -0.741. The average Bonchev–Trinajstić information content (AvgIpc) is 2.74. The van der Waals surface area contributed by atoms with Crippen LogP contribution in [0.4, 0.5) is 20.5 Å². The summed E-state index contributed by atoms with van der Waals surface area (Å²) < 4.78 is 28.8. The zero-order valence-corrected chi connectivity index (χ0v) is 16.1. The maximum atomic E-state index is 13.9. The topological polar surface area (TPSA) is 109 Å². The second-order valence-electron chi connectivity index (χ2n) is 6.78. The first-order chi connectivity index (χ1) is 15.0. The molecule has 0 saturated carbocycles. The molecule has 154 valence electrons. The quantitative estimate of drug-likeness (QED) is 0.515. The number of nitrogen functional groups attached to an aromatic ring is 1. The molecule has 4 rings (SSSR count). The molecule has 1 aromatic carbocycles. The Kier molecular flexibility index (Phi) is 5.28. The standard InChI is InChI=1S/C22H16F2N6O/c23-16-3-1-2-13(8-16)19-14(9-18-5-4-17(24)12-30(18)21(19)31)6-7-27-20-15(10-25)11-28-22(26)29-20/h1-5,8-9,11-12H,6-7H2,(H3,26,27,28,29). The van der Waals surface area contributed by atoms with Crippen LogP contribution in [-0.4, -0.2) is 20.9 Å². The number of pyridine rings is 2. The number of hydrogen-bond acceptors (Lipinski definition) is 6. The third-order valence-corrected chi connectivity index (χ3v) is 4.75. The number of fused-ring (bicyclic) bond motifs is 1. The van der Waals surface area contributed by atoms with Crippen LogP contribution < -0.4 is 16.6 Å². The summed E-state index contributed by atoms with van der Waals surface area (Å²) in [6.45, 7) is 0.310. The lowest BCUT2D eigenvalue weighted by Crippen LogP contribution is -2.20. The van der Waals surface area contributed by atoms with E-state index in [1.54, 1.807) is 12.1 Å². The molecule has 9 heteroatoms. The van der Waals surface area contributed by atoms with Crippen molar-refractivity contribution >= 4 is 17.3 Å². The van der Waals surface area contributed by atoms with Crippen LogP contribution in [0.3, 0.4) is 0 Å². The lowest BCUT2D eigenvalue weighted by molar-refractivity contribution is 0.618. The van der Waals surface area contributed by atoms with Crippen LogP contribution in [0.15, 0.2) is 59.7 Å². The number of nitrogens with zero attached hydrogens (tertiary/aromatic N) is 4. The Morgan fingerprint density at radius 2 is 2.00 bits per heavy atom. The number of rotatable bonds is 5. The van der Waals surface area contributed by atoms with Crippen LogP contribution in [0.25, 0.3) is 16.6 Å².